The highest BCUT2D eigenvalue weighted by Gasteiger charge is 2.47. The van der Waals surface area contributed by atoms with Crippen LogP contribution in [0.2, 0.25) is 0 Å². The van der Waals surface area contributed by atoms with Crippen molar-refractivity contribution in [2.24, 2.45) is 0 Å². The van der Waals surface area contributed by atoms with Crippen molar-refractivity contribution in [3.8, 4) is 0 Å². The molecule has 190 valence electrons. The number of hydrogen-bond donors (Lipinski definition) is 2. The summed E-state index contributed by atoms with van der Waals surface area (Å²) in [6, 6.07) is 34.5. The van der Waals surface area contributed by atoms with E-state index < -0.39 is 23.4 Å². The van der Waals surface area contributed by atoms with Gasteiger partial charge in [0.2, 0.25) is 11.4 Å². The number of ether oxygens (including phenoxy) is 2. The van der Waals surface area contributed by atoms with Crippen molar-refractivity contribution in [1.29, 1.82) is 0 Å². The van der Waals surface area contributed by atoms with Gasteiger partial charge in [0.25, 0.3) is 0 Å². The minimum Gasteiger partial charge on any atom is -0.427 e. The summed E-state index contributed by atoms with van der Waals surface area (Å²) >= 11 is 0. The lowest BCUT2D eigenvalue weighted by Crippen LogP contribution is -2.54. The first-order chi connectivity index (χ1) is 18.6. The Hall–Kier alpha value is -4.26. The van der Waals surface area contributed by atoms with Crippen molar-refractivity contribution >= 4 is 11.9 Å². The van der Waals surface area contributed by atoms with Crippen LogP contribution in [-0.4, -0.2) is 25.0 Å². The normalized spacial score (nSPS) is 22.0. The Labute approximate surface area is 221 Å². The highest BCUT2D eigenvalue weighted by Crippen LogP contribution is 2.39. The maximum atomic E-state index is 13.6. The zero-order valence-electron chi connectivity index (χ0n) is 20.9. The van der Waals surface area contributed by atoms with E-state index in [-0.39, 0.29) is 0 Å². The van der Waals surface area contributed by atoms with Crippen LogP contribution >= 0.6 is 0 Å². The number of rotatable bonds is 4. The second-order valence-electron chi connectivity index (χ2n) is 9.54. The van der Waals surface area contributed by atoms with Crippen LogP contribution in [0.15, 0.2) is 109 Å². The van der Waals surface area contributed by atoms with Crippen LogP contribution < -0.4 is 10.6 Å². The number of carbonyl (C=O) groups is 2. The molecule has 0 spiro atoms. The molecule has 6 nitrogen and oxygen atoms in total. The van der Waals surface area contributed by atoms with Crippen LogP contribution in [0.25, 0.3) is 0 Å². The highest BCUT2D eigenvalue weighted by atomic mass is 16.6. The van der Waals surface area contributed by atoms with Gasteiger partial charge in [-0.1, -0.05) is 109 Å². The molecular formula is C32H28N2O4. The van der Waals surface area contributed by atoms with Crippen molar-refractivity contribution in [1.82, 2.24) is 10.6 Å². The number of carbonyl (C=O) groups excluding carboxylic acids is 2. The number of nitrogens with one attached hydrogen (secondary N) is 2. The second-order valence-corrected chi connectivity index (χ2v) is 9.54. The summed E-state index contributed by atoms with van der Waals surface area (Å²) in [7, 11) is 0. The lowest BCUT2D eigenvalue weighted by molar-refractivity contribution is -0.187. The van der Waals surface area contributed by atoms with Crippen LogP contribution in [0.5, 0.6) is 0 Å². The van der Waals surface area contributed by atoms with Crippen molar-refractivity contribution in [2.45, 2.75) is 24.3 Å². The number of benzene rings is 4. The lowest BCUT2D eigenvalue weighted by atomic mass is 9.86. The summed E-state index contributed by atoms with van der Waals surface area (Å²) in [4.78, 5) is 27.2. The Morgan fingerprint density at radius 2 is 0.895 bits per heavy atom. The van der Waals surface area contributed by atoms with Crippen molar-refractivity contribution in [3.63, 3.8) is 0 Å². The predicted octanol–water partition coefficient (Wildman–Crippen LogP) is 4.17. The van der Waals surface area contributed by atoms with Gasteiger partial charge in [0.1, 0.15) is 0 Å². The van der Waals surface area contributed by atoms with Crippen LogP contribution in [-0.2, 0) is 43.4 Å². The van der Waals surface area contributed by atoms with Gasteiger partial charge < -0.3 is 9.47 Å². The first-order valence-electron chi connectivity index (χ1n) is 12.9. The summed E-state index contributed by atoms with van der Waals surface area (Å²) < 4.78 is 12.2. The van der Waals surface area contributed by atoms with E-state index in [4.69, 9.17) is 9.47 Å². The van der Waals surface area contributed by atoms with E-state index in [2.05, 4.69) is 10.6 Å². The average molecular weight is 505 g/mol. The Morgan fingerprint density at radius 3 is 1.32 bits per heavy atom. The van der Waals surface area contributed by atoms with Crippen LogP contribution in [0.4, 0.5) is 0 Å². The number of fused-ring (bicyclic) bond motifs is 2. The Balaban J connectivity index is 1.38. The molecule has 0 saturated carbocycles. The van der Waals surface area contributed by atoms with Gasteiger partial charge >= 0.3 is 11.9 Å². The van der Waals surface area contributed by atoms with Crippen molar-refractivity contribution in [2.75, 3.05) is 13.1 Å². The molecule has 2 aliphatic heterocycles. The molecule has 2 N–H and O–H groups in total. The maximum absolute atomic E-state index is 13.6. The van der Waals surface area contributed by atoms with Crippen LogP contribution in [0, 0.1) is 0 Å². The highest BCUT2D eigenvalue weighted by molar-refractivity contribution is 6.30. The van der Waals surface area contributed by atoms with Gasteiger partial charge in [-0.2, -0.15) is 0 Å². The fourth-order valence-electron chi connectivity index (χ4n) is 5.62. The zero-order valence-corrected chi connectivity index (χ0v) is 20.9. The smallest absolute Gasteiger partial charge is 0.419 e. The average Bonchev–Trinajstić information content (AvgIpc) is 2.98. The third-order valence-electron chi connectivity index (χ3n) is 7.35. The number of hydrogen-bond acceptors (Lipinski definition) is 6. The van der Waals surface area contributed by atoms with Crippen LogP contribution in [0.3, 0.4) is 0 Å². The van der Waals surface area contributed by atoms with Crippen LogP contribution in [0.1, 0.15) is 33.4 Å². The lowest BCUT2D eigenvalue weighted by Gasteiger charge is -2.41. The van der Waals surface area contributed by atoms with Gasteiger partial charge in [0.05, 0.1) is 0 Å². The molecule has 2 heterocycles. The van der Waals surface area contributed by atoms with Crippen molar-refractivity contribution < 1.29 is 19.1 Å². The second kappa shape index (κ2) is 9.89. The third kappa shape index (κ3) is 4.08. The maximum Gasteiger partial charge on any atom is 0.419 e. The molecular weight excluding hydrogens is 476 g/mol. The molecule has 2 unspecified atom stereocenters. The summed E-state index contributed by atoms with van der Waals surface area (Å²) in [5.74, 6) is -2.14. The van der Waals surface area contributed by atoms with Gasteiger partial charge in [-0.25, -0.2) is 9.59 Å². The SMILES string of the molecule is O=C(OC1(c2ccccc2)NCCc2ccccc21)C(=O)OC1(c2ccccc2)NCCc2ccccc21. The fraction of sp³-hybridized carbons (Fsp3) is 0.188. The minimum absolute atomic E-state index is 0.580. The molecule has 0 fully saturated rings. The Bertz CT molecular complexity index is 1360. The molecule has 0 aliphatic carbocycles. The van der Waals surface area contributed by atoms with Gasteiger partial charge in [0.15, 0.2) is 0 Å². The van der Waals surface area contributed by atoms with E-state index in [1.165, 1.54) is 0 Å². The van der Waals surface area contributed by atoms with E-state index in [9.17, 15) is 9.59 Å². The number of esters is 2. The van der Waals surface area contributed by atoms with E-state index in [0.717, 1.165) is 46.2 Å². The first kappa shape index (κ1) is 24.1. The topological polar surface area (TPSA) is 76.7 Å². The summed E-state index contributed by atoms with van der Waals surface area (Å²) in [5, 5.41) is 6.77. The van der Waals surface area contributed by atoms with E-state index in [0.29, 0.717) is 13.1 Å². The molecule has 0 radical (unpaired) electrons. The molecule has 2 atom stereocenters. The summed E-state index contributed by atoms with van der Waals surface area (Å²) in [6.45, 7) is 1.16. The molecule has 6 heteroatoms. The predicted molar refractivity (Wildman–Crippen MR) is 143 cm³/mol. The quantitative estimate of drug-likeness (QED) is 0.321. The van der Waals surface area contributed by atoms with Gasteiger partial charge in [0, 0.05) is 35.3 Å². The standard InChI is InChI=1S/C32H28N2O4/c35-29(37-31(25-13-3-1-4-14-25)27-17-9-7-11-23(27)19-21-33-31)30(36)38-32(26-15-5-2-6-16-26)28-18-10-8-12-24(28)20-22-34-32/h1-18,33-34H,19-22H2. The third-order valence-corrected chi connectivity index (χ3v) is 7.35. The molecule has 4 aromatic carbocycles. The molecule has 0 saturated heterocycles. The Morgan fingerprint density at radius 1 is 0.526 bits per heavy atom. The summed E-state index contributed by atoms with van der Waals surface area (Å²) in [6.07, 6.45) is 1.56. The summed E-state index contributed by atoms with van der Waals surface area (Å²) in [5.41, 5.74) is 2.54. The monoisotopic (exact) mass is 504 g/mol. The largest absolute Gasteiger partial charge is 0.427 e. The molecule has 4 aromatic rings. The first-order valence-corrected chi connectivity index (χ1v) is 12.9. The molecule has 0 amide bonds. The minimum atomic E-state index is -1.32. The Kier molecular flexibility index (Phi) is 6.27. The fourth-order valence-corrected chi connectivity index (χ4v) is 5.62. The molecule has 0 aromatic heterocycles. The molecule has 6 rings (SSSR count). The molecule has 2 aliphatic rings. The van der Waals surface area contributed by atoms with Gasteiger partial charge in [-0.05, 0) is 24.0 Å². The molecule has 0 bridgehead atoms. The van der Waals surface area contributed by atoms with Gasteiger partial charge in [-0.3, -0.25) is 10.6 Å². The van der Waals surface area contributed by atoms with E-state index in [1.807, 2.05) is 109 Å². The van der Waals surface area contributed by atoms with Crippen molar-refractivity contribution in [3.05, 3.63) is 143 Å². The molecule has 38 heavy (non-hydrogen) atoms. The van der Waals surface area contributed by atoms with Gasteiger partial charge in [-0.15, -0.1) is 0 Å². The zero-order chi connectivity index (χ0) is 26.0. The van der Waals surface area contributed by atoms with E-state index in [1.54, 1.807) is 0 Å². The van der Waals surface area contributed by atoms with E-state index >= 15 is 0 Å².